The van der Waals surface area contributed by atoms with Crippen LogP contribution < -0.4 is 11.1 Å². The molecule has 1 heterocycles. The second-order valence-corrected chi connectivity index (χ2v) is 9.73. The van der Waals surface area contributed by atoms with Gasteiger partial charge in [-0.1, -0.05) is 13.3 Å². The van der Waals surface area contributed by atoms with Crippen molar-refractivity contribution in [3.05, 3.63) is 0 Å². The Balaban J connectivity index is 2.75. The standard InChI is InChI=1S/C11H26N2O2Si/c1-5-7-11(14)10(13-9(2)12)6-8-16(3,4)15-11/h9-10,13-14H,5-8,12H2,1-4H3. The molecule has 0 aromatic heterocycles. The fraction of sp³-hybridized carbons (Fsp3) is 1.00. The van der Waals surface area contributed by atoms with Gasteiger partial charge >= 0.3 is 0 Å². The predicted octanol–water partition coefficient (Wildman–Crippen LogP) is 1.36. The molecule has 0 saturated carbocycles. The van der Waals surface area contributed by atoms with Crippen LogP contribution in [0.1, 0.15) is 33.1 Å². The quantitative estimate of drug-likeness (QED) is 0.517. The smallest absolute Gasteiger partial charge is 0.190 e. The molecule has 1 aliphatic heterocycles. The van der Waals surface area contributed by atoms with E-state index in [0.717, 1.165) is 18.9 Å². The number of hydrogen-bond acceptors (Lipinski definition) is 4. The van der Waals surface area contributed by atoms with Crippen LogP contribution in [0.4, 0.5) is 0 Å². The van der Waals surface area contributed by atoms with Crippen molar-refractivity contribution < 1.29 is 9.53 Å². The fourth-order valence-electron chi connectivity index (χ4n) is 2.43. The number of hydrogen-bond donors (Lipinski definition) is 3. The first-order valence-corrected chi connectivity index (χ1v) is 9.35. The van der Waals surface area contributed by atoms with E-state index in [1.165, 1.54) is 0 Å². The van der Waals surface area contributed by atoms with E-state index in [1.54, 1.807) is 0 Å². The maximum Gasteiger partial charge on any atom is 0.190 e. The van der Waals surface area contributed by atoms with Crippen molar-refractivity contribution >= 4 is 8.32 Å². The zero-order valence-electron chi connectivity index (χ0n) is 10.9. The second-order valence-electron chi connectivity index (χ2n) is 5.50. The van der Waals surface area contributed by atoms with Gasteiger partial charge in [-0.25, -0.2) is 0 Å². The third-order valence-electron chi connectivity index (χ3n) is 3.10. The largest absolute Gasteiger partial charge is 0.389 e. The summed E-state index contributed by atoms with van der Waals surface area (Å²) in [6.07, 6.45) is 2.43. The average Bonchev–Trinajstić information content (AvgIpc) is 2.09. The molecule has 0 aliphatic carbocycles. The summed E-state index contributed by atoms with van der Waals surface area (Å²) in [5.74, 6) is -1.02. The third-order valence-corrected chi connectivity index (χ3v) is 5.50. The zero-order valence-corrected chi connectivity index (χ0v) is 11.9. The topological polar surface area (TPSA) is 67.5 Å². The van der Waals surface area contributed by atoms with E-state index in [9.17, 15) is 5.11 Å². The van der Waals surface area contributed by atoms with Gasteiger partial charge in [-0.2, -0.15) is 0 Å². The Morgan fingerprint density at radius 2 is 2.25 bits per heavy atom. The van der Waals surface area contributed by atoms with Gasteiger partial charge in [-0.3, -0.25) is 5.32 Å². The van der Waals surface area contributed by atoms with Gasteiger partial charge in [0.25, 0.3) is 0 Å². The normalized spacial score (nSPS) is 36.0. The van der Waals surface area contributed by atoms with Crippen LogP contribution in [0.2, 0.25) is 19.1 Å². The number of rotatable bonds is 4. The van der Waals surface area contributed by atoms with E-state index >= 15 is 0 Å². The van der Waals surface area contributed by atoms with Gasteiger partial charge in [-0.15, -0.1) is 0 Å². The summed E-state index contributed by atoms with van der Waals surface area (Å²) in [6.45, 7) is 8.28. The first-order chi connectivity index (χ1) is 7.29. The van der Waals surface area contributed by atoms with Gasteiger partial charge in [0.15, 0.2) is 14.1 Å². The van der Waals surface area contributed by atoms with Crippen LogP contribution in [-0.2, 0) is 4.43 Å². The molecule has 1 fully saturated rings. The van der Waals surface area contributed by atoms with Gasteiger partial charge in [0.2, 0.25) is 0 Å². The van der Waals surface area contributed by atoms with Crippen LogP contribution in [0.15, 0.2) is 0 Å². The Morgan fingerprint density at radius 1 is 1.62 bits per heavy atom. The van der Waals surface area contributed by atoms with E-state index in [2.05, 4.69) is 25.3 Å². The van der Waals surface area contributed by atoms with E-state index in [4.69, 9.17) is 10.2 Å². The Hall–Kier alpha value is 0.0569. The van der Waals surface area contributed by atoms with Crippen molar-refractivity contribution in [1.29, 1.82) is 0 Å². The molecule has 16 heavy (non-hydrogen) atoms. The lowest BCUT2D eigenvalue weighted by Gasteiger charge is -2.47. The molecule has 96 valence electrons. The molecule has 1 aliphatic rings. The Morgan fingerprint density at radius 3 is 2.75 bits per heavy atom. The summed E-state index contributed by atoms with van der Waals surface area (Å²) in [6, 6.07) is 1.04. The van der Waals surface area contributed by atoms with Crippen LogP contribution in [0, 0.1) is 0 Å². The van der Waals surface area contributed by atoms with Gasteiger partial charge in [0.05, 0.1) is 12.2 Å². The zero-order chi connectivity index (χ0) is 12.4. The molecule has 1 rings (SSSR count). The van der Waals surface area contributed by atoms with Crippen LogP contribution >= 0.6 is 0 Å². The molecular formula is C11H26N2O2Si. The summed E-state index contributed by atoms with van der Waals surface area (Å²) in [5, 5.41) is 13.8. The lowest BCUT2D eigenvalue weighted by Crippen LogP contribution is -2.63. The molecule has 4 nitrogen and oxygen atoms in total. The molecule has 3 unspecified atom stereocenters. The van der Waals surface area contributed by atoms with Gasteiger partial charge in [0.1, 0.15) is 0 Å². The maximum absolute atomic E-state index is 10.6. The van der Waals surface area contributed by atoms with E-state index in [1.807, 2.05) is 6.92 Å². The summed E-state index contributed by atoms with van der Waals surface area (Å²) < 4.78 is 5.99. The van der Waals surface area contributed by atoms with E-state index < -0.39 is 14.1 Å². The summed E-state index contributed by atoms with van der Waals surface area (Å²) in [4.78, 5) is 0. The lowest BCUT2D eigenvalue weighted by atomic mass is 9.99. The highest BCUT2D eigenvalue weighted by Gasteiger charge is 2.46. The van der Waals surface area contributed by atoms with Crippen molar-refractivity contribution in [3.63, 3.8) is 0 Å². The van der Waals surface area contributed by atoms with Gasteiger partial charge in [0, 0.05) is 6.42 Å². The second kappa shape index (κ2) is 5.14. The maximum atomic E-state index is 10.6. The number of nitrogens with two attached hydrogens (primary N) is 1. The van der Waals surface area contributed by atoms with E-state index in [-0.39, 0.29) is 12.2 Å². The molecule has 0 spiro atoms. The molecule has 5 heteroatoms. The predicted molar refractivity (Wildman–Crippen MR) is 68.4 cm³/mol. The summed E-state index contributed by atoms with van der Waals surface area (Å²) >= 11 is 0. The molecule has 3 atom stereocenters. The highest BCUT2D eigenvalue weighted by Crippen LogP contribution is 2.35. The van der Waals surface area contributed by atoms with Crippen molar-refractivity contribution in [1.82, 2.24) is 5.32 Å². The highest BCUT2D eigenvalue weighted by molar-refractivity contribution is 6.71. The molecule has 0 bridgehead atoms. The third kappa shape index (κ3) is 3.53. The van der Waals surface area contributed by atoms with Crippen molar-refractivity contribution in [2.45, 2.75) is 70.2 Å². The minimum Gasteiger partial charge on any atom is -0.389 e. The van der Waals surface area contributed by atoms with Gasteiger partial charge < -0.3 is 15.3 Å². The molecular weight excluding hydrogens is 220 g/mol. The lowest BCUT2D eigenvalue weighted by molar-refractivity contribution is -0.184. The first-order valence-electron chi connectivity index (χ1n) is 6.23. The minimum atomic E-state index is -1.69. The minimum absolute atomic E-state index is 0.0343. The molecule has 0 radical (unpaired) electrons. The molecule has 4 N–H and O–H groups in total. The first kappa shape index (κ1) is 14.1. The fourth-order valence-corrected chi connectivity index (χ4v) is 4.72. The van der Waals surface area contributed by atoms with Crippen molar-refractivity contribution in [3.8, 4) is 0 Å². The summed E-state index contributed by atoms with van der Waals surface area (Å²) in [5.41, 5.74) is 5.74. The number of aliphatic hydroxyl groups is 1. The van der Waals surface area contributed by atoms with E-state index in [0.29, 0.717) is 6.42 Å². The molecule has 0 aromatic rings. The molecule has 0 aromatic carbocycles. The molecule has 0 amide bonds. The van der Waals surface area contributed by atoms with Crippen LogP contribution in [0.25, 0.3) is 0 Å². The average molecular weight is 246 g/mol. The highest BCUT2D eigenvalue weighted by atomic mass is 28.4. The van der Waals surface area contributed by atoms with Gasteiger partial charge in [-0.05, 0) is 32.5 Å². The van der Waals surface area contributed by atoms with Crippen LogP contribution in [-0.4, -0.2) is 31.4 Å². The Kier molecular flexibility index (Phi) is 4.54. The van der Waals surface area contributed by atoms with Crippen molar-refractivity contribution in [2.75, 3.05) is 0 Å². The molecule has 1 saturated heterocycles. The monoisotopic (exact) mass is 246 g/mol. The Labute approximate surface area is 99.7 Å². The van der Waals surface area contributed by atoms with Crippen molar-refractivity contribution in [2.24, 2.45) is 5.73 Å². The number of nitrogens with one attached hydrogen (secondary N) is 1. The van der Waals surface area contributed by atoms with Crippen LogP contribution in [0.5, 0.6) is 0 Å². The SMILES string of the molecule is CCCC1(O)O[Si](C)(C)CCC1NC(C)N. The van der Waals surface area contributed by atoms with Crippen LogP contribution in [0.3, 0.4) is 0 Å². The summed E-state index contributed by atoms with van der Waals surface area (Å²) in [7, 11) is -1.69. The Bertz CT molecular complexity index is 236.